The van der Waals surface area contributed by atoms with Gasteiger partial charge in [-0.3, -0.25) is 9.79 Å². The fourth-order valence-electron chi connectivity index (χ4n) is 3.94. The van der Waals surface area contributed by atoms with E-state index in [0.29, 0.717) is 19.5 Å². The Hall–Kier alpha value is -2.29. The van der Waals surface area contributed by atoms with Gasteiger partial charge in [0.15, 0.2) is 5.96 Å². The predicted molar refractivity (Wildman–Crippen MR) is 144 cm³/mol. The molecule has 2 N–H and O–H groups in total. The zero-order valence-corrected chi connectivity index (χ0v) is 21.8. The second-order valence-electron chi connectivity index (χ2n) is 8.01. The Kier molecular flexibility index (Phi) is 10.8. The van der Waals surface area contributed by atoms with Crippen molar-refractivity contribution >= 4 is 41.5 Å². The number of nitrogens with zero attached hydrogens (tertiary/aromatic N) is 3. The molecule has 2 aromatic carbocycles. The normalized spacial score (nSPS) is 13.7. The number of halogens is 1. The molecule has 0 atom stereocenters. The van der Waals surface area contributed by atoms with E-state index in [-0.39, 0.29) is 29.9 Å². The zero-order chi connectivity index (χ0) is 22.1. The van der Waals surface area contributed by atoms with Crippen molar-refractivity contribution < 1.29 is 4.79 Å². The molecule has 1 fully saturated rings. The number of hydrogen-bond acceptors (Lipinski definition) is 3. The molecule has 0 bridgehead atoms. The Bertz CT molecular complexity index is 901. The average molecular weight is 550 g/mol. The number of benzene rings is 2. The minimum absolute atomic E-state index is 0. The summed E-state index contributed by atoms with van der Waals surface area (Å²) in [6, 6.07) is 17.0. The molecule has 7 heteroatoms. The van der Waals surface area contributed by atoms with Gasteiger partial charge >= 0.3 is 0 Å². The molecule has 0 saturated carbocycles. The summed E-state index contributed by atoms with van der Waals surface area (Å²) in [7, 11) is 1.79. The van der Waals surface area contributed by atoms with Gasteiger partial charge < -0.3 is 20.4 Å². The molecule has 0 spiro atoms. The largest absolute Gasteiger partial charge is 0.370 e. The van der Waals surface area contributed by atoms with Crippen LogP contribution in [0.4, 0.5) is 5.69 Å². The fraction of sp³-hybridized carbons (Fsp3) is 0.440. The number of likely N-dealkylation sites (tertiary alicyclic amines) is 1. The van der Waals surface area contributed by atoms with Crippen LogP contribution in [0.15, 0.2) is 53.5 Å². The first-order chi connectivity index (χ1) is 15.1. The molecular formula is C25H36IN5O. The summed E-state index contributed by atoms with van der Waals surface area (Å²) in [4.78, 5) is 20.5. The van der Waals surface area contributed by atoms with Gasteiger partial charge in [-0.15, -0.1) is 24.0 Å². The summed E-state index contributed by atoms with van der Waals surface area (Å²) in [5, 5.41) is 6.81. The lowest BCUT2D eigenvalue weighted by molar-refractivity contribution is -0.128. The summed E-state index contributed by atoms with van der Waals surface area (Å²) >= 11 is 0. The van der Waals surface area contributed by atoms with E-state index in [1.165, 1.54) is 22.4 Å². The number of likely N-dealkylation sites (N-methyl/N-ethyl adjacent to an activating group) is 1. The first-order valence-electron chi connectivity index (χ1n) is 11.2. The zero-order valence-electron chi connectivity index (χ0n) is 19.4. The van der Waals surface area contributed by atoms with E-state index in [2.05, 4.69) is 82.9 Å². The molecule has 1 aliphatic rings. The average Bonchev–Trinajstić information content (AvgIpc) is 3.18. The third kappa shape index (κ3) is 7.69. The molecule has 0 aliphatic carbocycles. The van der Waals surface area contributed by atoms with Crippen LogP contribution in [0.25, 0.3) is 0 Å². The number of nitrogens with one attached hydrogen (secondary N) is 2. The highest BCUT2D eigenvalue weighted by atomic mass is 127. The van der Waals surface area contributed by atoms with E-state index in [4.69, 9.17) is 0 Å². The first kappa shape index (κ1) is 26.0. The van der Waals surface area contributed by atoms with Crippen LogP contribution in [0.1, 0.15) is 36.5 Å². The van der Waals surface area contributed by atoms with Crippen molar-refractivity contribution in [1.82, 2.24) is 15.5 Å². The highest BCUT2D eigenvalue weighted by Crippen LogP contribution is 2.16. The van der Waals surface area contributed by atoms with Crippen LogP contribution in [0, 0.1) is 6.92 Å². The van der Waals surface area contributed by atoms with Crippen LogP contribution in [0.2, 0.25) is 0 Å². The SMILES string of the molecule is CCN(CCNC(=NC)NCc1cccc(CN2CCCC2=O)c1)c1cccc(C)c1.I. The topological polar surface area (TPSA) is 60.0 Å². The Morgan fingerprint density at radius 3 is 2.59 bits per heavy atom. The minimum atomic E-state index is 0. The van der Waals surface area contributed by atoms with Gasteiger partial charge in [0.25, 0.3) is 0 Å². The van der Waals surface area contributed by atoms with Crippen LogP contribution >= 0.6 is 24.0 Å². The molecule has 1 amide bonds. The highest BCUT2D eigenvalue weighted by molar-refractivity contribution is 14.0. The highest BCUT2D eigenvalue weighted by Gasteiger charge is 2.19. The van der Waals surface area contributed by atoms with Gasteiger partial charge in [0, 0.05) is 58.4 Å². The molecule has 0 unspecified atom stereocenters. The molecule has 0 radical (unpaired) electrons. The Morgan fingerprint density at radius 1 is 1.12 bits per heavy atom. The maximum atomic E-state index is 11.9. The third-order valence-corrected chi connectivity index (χ3v) is 5.64. The second kappa shape index (κ2) is 13.3. The van der Waals surface area contributed by atoms with Crippen LogP contribution in [0.3, 0.4) is 0 Å². The lowest BCUT2D eigenvalue weighted by Crippen LogP contribution is -2.41. The van der Waals surface area contributed by atoms with Gasteiger partial charge in [0.1, 0.15) is 0 Å². The van der Waals surface area contributed by atoms with Gasteiger partial charge in [0.05, 0.1) is 0 Å². The molecule has 3 rings (SSSR count). The molecule has 1 heterocycles. The van der Waals surface area contributed by atoms with Crippen molar-refractivity contribution in [2.75, 3.05) is 38.1 Å². The van der Waals surface area contributed by atoms with E-state index in [0.717, 1.165) is 38.6 Å². The van der Waals surface area contributed by atoms with Crippen molar-refractivity contribution in [3.8, 4) is 0 Å². The number of amides is 1. The summed E-state index contributed by atoms with van der Waals surface area (Å²) in [6.07, 6.45) is 1.66. The number of carbonyl (C=O) groups excluding carboxylic acids is 1. The fourth-order valence-corrected chi connectivity index (χ4v) is 3.94. The number of aliphatic imine (C=N–C) groups is 1. The molecule has 0 aromatic heterocycles. The van der Waals surface area contributed by atoms with Crippen molar-refractivity contribution in [1.29, 1.82) is 0 Å². The maximum absolute atomic E-state index is 11.9. The van der Waals surface area contributed by atoms with E-state index in [1.54, 1.807) is 7.05 Å². The summed E-state index contributed by atoms with van der Waals surface area (Å²) in [6.45, 7) is 9.23. The van der Waals surface area contributed by atoms with E-state index < -0.39 is 0 Å². The number of anilines is 1. The quantitative estimate of drug-likeness (QED) is 0.283. The van der Waals surface area contributed by atoms with Crippen LogP contribution < -0.4 is 15.5 Å². The van der Waals surface area contributed by atoms with E-state index in [1.807, 2.05) is 4.90 Å². The number of carbonyl (C=O) groups is 1. The monoisotopic (exact) mass is 549 g/mol. The Morgan fingerprint density at radius 2 is 1.91 bits per heavy atom. The standard InChI is InChI=1S/C25H35N5O.HI/c1-4-29(23-11-5-8-20(2)16-23)15-13-27-25(26-3)28-18-21-9-6-10-22(17-21)19-30-14-7-12-24(30)31;/h5-6,8-11,16-17H,4,7,12-15,18-19H2,1-3H3,(H2,26,27,28);1H. The van der Waals surface area contributed by atoms with Crippen molar-refractivity contribution in [3.05, 3.63) is 65.2 Å². The number of guanidine groups is 1. The number of aryl methyl sites for hydroxylation is 1. The van der Waals surface area contributed by atoms with Crippen molar-refractivity contribution in [3.63, 3.8) is 0 Å². The lowest BCUT2D eigenvalue weighted by atomic mass is 10.1. The molecule has 32 heavy (non-hydrogen) atoms. The summed E-state index contributed by atoms with van der Waals surface area (Å²) in [5.41, 5.74) is 4.88. The molecular weight excluding hydrogens is 513 g/mol. The molecule has 1 aliphatic heterocycles. The summed E-state index contributed by atoms with van der Waals surface area (Å²) < 4.78 is 0. The predicted octanol–water partition coefficient (Wildman–Crippen LogP) is 3.93. The van der Waals surface area contributed by atoms with Crippen LogP contribution in [0.5, 0.6) is 0 Å². The van der Waals surface area contributed by atoms with Gasteiger partial charge in [0.2, 0.25) is 5.91 Å². The van der Waals surface area contributed by atoms with Crippen molar-refractivity contribution in [2.24, 2.45) is 4.99 Å². The number of hydrogen-bond donors (Lipinski definition) is 2. The molecule has 174 valence electrons. The van der Waals surface area contributed by atoms with E-state index in [9.17, 15) is 4.79 Å². The minimum Gasteiger partial charge on any atom is -0.370 e. The Labute approximate surface area is 209 Å². The van der Waals surface area contributed by atoms with Crippen LogP contribution in [-0.4, -0.2) is 50.0 Å². The van der Waals surface area contributed by atoms with Gasteiger partial charge in [-0.25, -0.2) is 0 Å². The van der Waals surface area contributed by atoms with Gasteiger partial charge in [-0.1, -0.05) is 36.4 Å². The molecule has 2 aromatic rings. The second-order valence-corrected chi connectivity index (χ2v) is 8.01. The smallest absolute Gasteiger partial charge is 0.222 e. The first-order valence-corrected chi connectivity index (χ1v) is 11.2. The van der Waals surface area contributed by atoms with Crippen LogP contribution in [-0.2, 0) is 17.9 Å². The van der Waals surface area contributed by atoms with Gasteiger partial charge in [-0.05, 0) is 49.1 Å². The third-order valence-electron chi connectivity index (χ3n) is 5.64. The molecule has 1 saturated heterocycles. The summed E-state index contributed by atoms with van der Waals surface area (Å²) in [5.74, 6) is 1.06. The Balaban J connectivity index is 0.00000363. The molecule has 6 nitrogen and oxygen atoms in total. The van der Waals surface area contributed by atoms with Gasteiger partial charge in [-0.2, -0.15) is 0 Å². The van der Waals surface area contributed by atoms with E-state index >= 15 is 0 Å². The lowest BCUT2D eigenvalue weighted by Gasteiger charge is -2.24. The number of rotatable bonds is 9. The van der Waals surface area contributed by atoms with Crippen molar-refractivity contribution in [2.45, 2.75) is 39.8 Å². The maximum Gasteiger partial charge on any atom is 0.222 e.